The molecule has 1 amide bonds. The van der Waals surface area contributed by atoms with Gasteiger partial charge in [-0.3, -0.25) is 9.20 Å². The lowest BCUT2D eigenvalue weighted by Gasteiger charge is -2.19. The van der Waals surface area contributed by atoms with Gasteiger partial charge < -0.3 is 4.90 Å². The van der Waals surface area contributed by atoms with Crippen molar-refractivity contribution in [2.75, 3.05) is 14.1 Å². The van der Waals surface area contributed by atoms with Crippen molar-refractivity contribution < 1.29 is 4.79 Å². The van der Waals surface area contributed by atoms with E-state index in [-0.39, 0.29) is 11.2 Å². The summed E-state index contributed by atoms with van der Waals surface area (Å²) in [5.41, 5.74) is 1.73. The summed E-state index contributed by atoms with van der Waals surface area (Å²) in [4.78, 5) is 14.2. The average molecular weight is 312 g/mol. The molecular weight excluding hydrogens is 296 g/mol. The van der Waals surface area contributed by atoms with Crippen molar-refractivity contribution >= 4 is 23.3 Å². The van der Waals surface area contributed by atoms with E-state index < -0.39 is 0 Å². The molecule has 0 saturated carbocycles. The van der Waals surface area contributed by atoms with E-state index in [0.29, 0.717) is 5.16 Å². The molecule has 0 unspecified atom stereocenters. The zero-order valence-electron chi connectivity index (χ0n) is 12.4. The summed E-state index contributed by atoms with van der Waals surface area (Å²) in [7, 11) is 3.53. The van der Waals surface area contributed by atoms with Gasteiger partial charge in [-0.15, -0.1) is 10.2 Å². The Morgan fingerprint density at radius 1 is 1.09 bits per heavy atom. The van der Waals surface area contributed by atoms with Crippen molar-refractivity contribution in [2.45, 2.75) is 10.4 Å². The number of benzene rings is 1. The molecule has 0 spiro atoms. The molecule has 0 radical (unpaired) electrons. The molecule has 0 saturated heterocycles. The predicted molar refractivity (Wildman–Crippen MR) is 86.7 cm³/mol. The first-order valence-corrected chi connectivity index (χ1v) is 7.77. The molecule has 0 aliphatic heterocycles. The van der Waals surface area contributed by atoms with Gasteiger partial charge in [0.15, 0.2) is 10.8 Å². The summed E-state index contributed by atoms with van der Waals surface area (Å²) in [5.74, 6) is 0.0314. The van der Waals surface area contributed by atoms with Gasteiger partial charge >= 0.3 is 0 Å². The molecule has 0 aliphatic carbocycles. The third-order valence-electron chi connectivity index (χ3n) is 3.27. The number of fused-ring (bicyclic) bond motifs is 1. The quantitative estimate of drug-likeness (QED) is 0.695. The number of likely N-dealkylation sites (N-methyl/N-ethyl adjacent to an activating group) is 1. The molecule has 2 aromatic heterocycles. The van der Waals surface area contributed by atoms with Crippen LogP contribution in [0.25, 0.3) is 5.65 Å². The van der Waals surface area contributed by atoms with Gasteiger partial charge in [0.2, 0.25) is 5.91 Å². The summed E-state index contributed by atoms with van der Waals surface area (Å²) in [6.07, 6.45) is 1.90. The maximum atomic E-state index is 12.6. The Morgan fingerprint density at radius 2 is 1.82 bits per heavy atom. The normalized spacial score (nSPS) is 12.3. The Morgan fingerprint density at radius 3 is 2.55 bits per heavy atom. The first kappa shape index (κ1) is 14.6. The highest BCUT2D eigenvalue weighted by molar-refractivity contribution is 8.00. The van der Waals surface area contributed by atoms with E-state index in [9.17, 15) is 4.79 Å². The van der Waals surface area contributed by atoms with Crippen molar-refractivity contribution in [1.29, 1.82) is 0 Å². The fraction of sp³-hybridized carbons (Fsp3) is 0.188. The van der Waals surface area contributed by atoms with Gasteiger partial charge in [0, 0.05) is 20.3 Å². The summed E-state index contributed by atoms with van der Waals surface area (Å²) < 4.78 is 1.89. The first-order valence-electron chi connectivity index (χ1n) is 6.89. The van der Waals surface area contributed by atoms with Crippen LogP contribution >= 0.6 is 11.8 Å². The Balaban J connectivity index is 1.98. The van der Waals surface area contributed by atoms with Crippen molar-refractivity contribution in [2.24, 2.45) is 0 Å². The lowest BCUT2D eigenvalue weighted by Crippen LogP contribution is -2.26. The number of carbonyl (C=O) groups excluding carboxylic acids is 1. The third kappa shape index (κ3) is 2.82. The SMILES string of the molecule is CN(C)C(=O)[C@@H](Sc1nnc2ccccn12)c1ccccc1. The summed E-state index contributed by atoms with van der Waals surface area (Å²) in [5, 5.41) is 8.71. The molecular formula is C16H16N4OS. The minimum absolute atomic E-state index is 0.0314. The van der Waals surface area contributed by atoms with E-state index in [1.165, 1.54) is 11.8 Å². The molecule has 6 heteroatoms. The van der Waals surface area contributed by atoms with Gasteiger partial charge in [0.1, 0.15) is 5.25 Å². The van der Waals surface area contributed by atoms with E-state index in [2.05, 4.69) is 10.2 Å². The number of amides is 1. The molecule has 5 nitrogen and oxygen atoms in total. The van der Waals surface area contributed by atoms with Crippen LogP contribution in [0.3, 0.4) is 0 Å². The van der Waals surface area contributed by atoms with Crippen molar-refractivity contribution in [1.82, 2.24) is 19.5 Å². The van der Waals surface area contributed by atoms with Crippen LogP contribution in [0.2, 0.25) is 0 Å². The van der Waals surface area contributed by atoms with E-state index >= 15 is 0 Å². The molecule has 1 atom stereocenters. The van der Waals surface area contributed by atoms with Gasteiger partial charge in [-0.1, -0.05) is 48.2 Å². The van der Waals surface area contributed by atoms with Gasteiger partial charge in [0.25, 0.3) is 0 Å². The molecule has 0 N–H and O–H groups in total. The molecule has 0 bridgehead atoms. The van der Waals surface area contributed by atoms with Crippen LogP contribution in [-0.4, -0.2) is 39.5 Å². The fourth-order valence-corrected chi connectivity index (χ4v) is 3.30. The third-order valence-corrected chi connectivity index (χ3v) is 4.47. The Bertz CT molecular complexity index is 785. The number of aromatic nitrogens is 3. The number of thioether (sulfide) groups is 1. The molecule has 3 rings (SSSR count). The van der Waals surface area contributed by atoms with E-state index in [1.54, 1.807) is 19.0 Å². The molecule has 3 aromatic rings. The van der Waals surface area contributed by atoms with Gasteiger partial charge in [-0.2, -0.15) is 0 Å². The standard InChI is InChI=1S/C16H16N4OS/c1-19(2)15(21)14(12-8-4-3-5-9-12)22-16-18-17-13-10-6-7-11-20(13)16/h3-11,14H,1-2H3/t14-/m0/s1. The highest BCUT2D eigenvalue weighted by atomic mass is 32.2. The summed E-state index contributed by atoms with van der Waals surface area (Å²) >= 11 is 1.41. The van der Waals surface area contributed by atoms with E-state index in [4.69, 9.17) is 0 Å². The second-order valence-electron chi connectivity index (χ2n) is 5.05. The summed E-state index contributed by atoms with van der Waals surface area (Å²) in [6.45, 7) is 0. The topological polar surface area (TPSA) is 50.5 Å². The number of hydrogen-bond donors (Lipinski definition) is 0. The largest absolute Gasteiger partial charge is 0.348 e. The fourth-order valence-electron chi connectivity index (χ4n) is 2.13. The van der Waals surface area contributed by atoms with Crippen LogP contribution in [-0.2, 0) is 4.79 Å². The zero-order chi connectivity index (χ0) is 15.5. The van der Waals surface area contributed by atoms with Crippen LogP contribution in [0.15, 0.2) is 59.9 Å². The first-order chi connectivity index (χ1) is 10.7. The van der Waals surface area contributed by atoms with Crippen molar-refractivity contribution in [3.63, 3.8) is 0 Å². The van der Waals surface area contributed by atoms with Crippen LogP contribution in [0, 0.1) is 0 Å². The highest BCUT2D eigenvalue weighted by Crippen LogP contribution is 2.35. The number of rotatable bonds is 4. The molecule has 0 fully saturated rings. The number of nitrogens with zero attached hydrogens (tertiary/aromatic N) is 4. The monoisotopic (exact) mass is 312 g/mol. The molecule has 2 heterocycles. The molecule has 22 heavy (non-hydrogen) atoms. The van der Waals surface area contributed by atoms with Crippen molar-refractivity contribution in [3.05, 3.63) is 60.3 Å². The second-order valence-corrected chi connectivity index (χ2v) is 6.12. The number of carbonyl (C=O) groups is 1. The maximum Gasteiger partial charge on any atom is 0.240 e. The van der Waals surface area contributed by atoms with Gasteiger partial charge in [-0.25, -0.2) is 0 Å². The average Bonchev–Trinajstić information content (AvgIpc) is 2.96. The highest BCUT2D eigenvalue weighted by Gasteiger charge is 2.25. The minimum Gasteiger partial charge on any atom is -0.348 e. The van der Waals surface area contributed by atoms with Gasteiger partial charge in [0.05, 0.1) is 0 Å². The minimum atomic E-state index is -0.344. The van der Waals surface area contributed by atoms with Crippen LogP contribution in [0.5, 0.6) is 0 Å². The lowest BCUT2D eigenvalue weighted by molar-refractivity contribution is -0.128. The van der Waals surface area contributed by atoms with E-state index in [1.807, 2.05) is 59.1 Å². The van der Waals surface area contributed by atoms with Crippen LogP contribution < -0.4 is 0 Å². The Labute approximate surface area is 133 Å². The second kappa shape index (κ2) is 6.19. The Kier molecular flexibility index (Phi) is 4.11. The molecule has 112 valence electrons. The summed E-state index contributed by atoms with van der Waals surface area (Å²) in [6, 6.07) is 15.5. The predicted octanol–water partition coefficient (Wildman–Crippen LogP) is 2.65. The van der Waals surface area contributed by atoms with Crippen LogP contribution in [0.1, 0.15) is 10.8 Å². The molecule has 0 aliphatic rings. The van der Waals surface area contributed by atoms with Crippen molar-refractivity contribution in [3.8, 4) is 0 Å². The lowest BCUT2D eigenvalue weighted by atomic mass is 10.1. The number of pyridine rings is 1. The smallest absolute Gasteiger partial charge is 0.240 e. The number of hydrogen-bond acceptors (Lipinski definition) is 4. The van der Waals surface area contributed by atoms with Crippen LogP contribution in [0.4, 0.5) is 0 Å². The van der Waals surface area contributed by atoms with E-state index in [0.717, 1.165) is 11.2 Å². The Hall–Kier alpha value is -2.34. The maximum absolute atomic E-state index is 12.6. The van der Waals surface area contributed by atoms with Gasteiger partial charge in [-0.05, 0) is 17.7 Å². The molecule has 1 aromatic carbocycles. The zero-order valence-corrected chi connectivity index (χ0v) is 13.2.